The number of benzene rings is 1. The Hall–Kier alpha value is -1.84. The van der Waals surface area contributed by atoms with Crippen LogP contribution < -0.4 is 5.32 Å². The number of hydrogen-bond donors (Lipinski definition) is 1. The monoisotopic (exact) mass is 257 g/mol. The quantitative estimate of drug-likeness (QED) is 0.897. The van der Waals surface area contributed by atoms with Crippen LogP contribution in [-0.4, -0.2) is 16.7 Å². The van der Waals surface area contributed by atoms with Gasteiger partial charge < -0.3 is 9.84 Å². The van der Waals surface area contributed by atoms with Crippen molar-refractivity contribution in [2.75, 3.05) is 11.9 Å². The van der Waals surface area contributed by atoms with Gasteiger partial charge in [0.1, 0.15) is 0 Å². The highest BCUT2D eigenvalue weighted by molar-refractivity contribution is 5.64. The van der Waals surface area contributed by atoms with Gasteiger partial charge in [0, 0.05) is 24.2 Å². The Labute approximate surface area is 113 Å². The fourth-order valence-electron chi connectivity index (χ4n) is 2.36. The van der Waals surface area contributed by atoms with E-state index >= 15 is 0 Å². The van der Waals surface area contributed by atoms with Gasteiger partial charge in [0.2, 0.25) is 0 Å². The molecule has 0 unspecified atom stereocenters. The molecule has 1 aromatic heterocycles. The Balaban J connectivity index is 1.86. The van der Waals surface area contributed by atoms with Crippen LogP contribution in [0.1, 0.15) is 32.2 Å². The van der Waals surface area contributed by atoms with Gasteiger partial charge in [0.05, 0.1) is 0 Å². The molecule has 0 saturated heterocycles. The molecule has 0 saturated carbocycles. The predicted octanol–water partition coefficient (Wildman–Crippen LogP) is 3.29. The highest BCUT2D eigenvalue weighted by Gasteiger charge is 2.18. The van der Waals surface area contributed by atoms with E-state index in [0.717, 1.165) is 30.8 Å². The number of aromatic nitrogens is 2. The lowest BCUT2D eigenvalue weighted by atomic mass is 9.92. The Morgan fingerprint density at radius 2 is 2.16 bits per heavy atom. The van der Waals surface area contributed by atoms with Gasteiger partial charge in [-0.15, -0.1) is 0 Å². The van der Waals surface area contributed by atoms with Crippen LogP contribution in [-0.2, 0) is 12.8 Å². The molecule has 0 bridgehead atoms. The van der Waals surface area contributed by atoms with Crippen LogP contribution in [0, 0.1) is 5.41 Å². The minimum absolute atomic E-state index is 0.170. The first-order valence-electron chi connectivity index (χ1n) is 6.71. The number of hydrogen-bond acceptors (Lipinski definition) is 4. The Kier molecular flexibility index (Phi) is 2.81. The molecule has 0 aliphatic carbocycles. The number of nitrogens with one attached hydrogen (secondary N) is 1. The first kappa shape index (κ1) is 12.2. The second kappa shape index (κ2) is 4.37. The van der Waals surface area contributed by atoms with Gasteiger partial charge in [-0.1, -0.05) is 25.9 Å². The first-order valence-corrected chi connectivity index (χ1v) is 6.71. The lowest BCUT2D eigenvalue weighted by Crippen LogP contribution is -2.10. The molecule has 19 heavy (non-hydrogen) atoms. The number of fused-ring (bicyclic) bond motifs is 1. The van der Waals surface area contributed by atoms with Crippen molar-refractivity contribution in [3.05, 3.63) is 29.6 Å². The van der Waals surface area contributed by atoms with Gasteiger partial charge in [0.25, 0.3) is 5.89 Å². The summed E-state index contributed by atoms with van der Waals surface area (Å²) >= 11 is 0. The summed E-state index contributed by atoms with van der Waals surface area (Å²) in [6, 6.07) is 6.26. The van der Waals surface area contributed by atoms with E-state index in [1.165, 1.54) is 11.3 Å². The fourth-order valence-corrected chi connectivity index (χ4v) is 2.36. The second-order valence-corrected chi connectivity index (χ2v) is 6.30. The summed E-state index contributed by atoms with van der Waals surface area (Å²) in [5, 5.41) is 7.42. The smallest absolute Gasteiger partial charge is 0.257 e. The summed E-state index contributed by atoms with van der Waals surface area (Å²) in [4.78, 5) is 4.49. The van der Waals surface area contributed by atoms with E-state index in [0.29, 0.717) is 5.89 Å². The van der Waals surface area contributed by atoms with Gasteiger partial charge in [-0.05, 0) is 35.6 Å². The van der Waals surface area contributed by atoms with Crippen molar-refractivity contribution in [2.45, 2.75) is 33.6 Å². The van der Waals surface area contributed by atoms with Crippen LogP contribution in [0.25, 0.3) is 11.5 Å². The van der Waals surface area contributed by atoms with E-state index in [-0.39, 0.29) is 5.41 Å². The van der Waals surface area contributed by atoms with E-state index in [1.807, 2.05) is 6.07 Å². The van der Waals surface area contributed by atoms with Crippen molar-refractivity contribution < 1.29 is 4.52 Å². The third-order valence-electron chi connectivity index (χ3n) is 3.22. The third-order valence-corrected chi connectivity index (χ3v) is 3.22. The van der Waals surface area contributed by atoms with Crippen molar-refractivity contribution in [1.82, 2.24) is 10.1 Å². The number of anilines is 1. The van der Waals surface area contributed by atoms with E-state index in [1.54, 1.807) is 0 Å². The normalized spacial score (nSPS) is 14.3. The average molecular weight is 257 g/mol. The van der Waals surface area contributed by atoms with Crippen molar-refractivity contribution >= 4 is 5.69 Å². The predicted molar refractivity (Wildman–Crippen MR) is 75.1 cm³/mol. The minimum atomic E-state index is 0.170. The molecule has 1 aromatic carbocycles. The maximum absolute atomic E-state index is 5.37. The zero-order valence-corrected chi connectivity index (χ0v) is 11.7. The maximum atomic E-state index is 5.37. The zero-order chi connectivity index (χ0) is 13.5. The summed E-state index contributed by atoms with van der Waals surface area (Å²) in [6.07, 6.45) is 1.88. The molecular weight excluding hydrogens is 238 g/mol. The zero-order valence-electron chi connectivity index (χ0n) is 11.7. The van der Waals surface area contributed by atoms with E-state index in [2.05, 4.69) is 48.4 Å². The summed E-state index contributed by atoms with van der Waals surface area (Å²) in [7, 11) is 0. The van der Waals surface area contributed by atoms with Crippen LogP contribution >= 0.6 is 0 Å². The summed E-state index contributed by atoms with van der Waals surface area (Å²) in [5.41, 5.74) is 3.73. The molecule has 0 spiro atoms. The molecule has 1 N–H and O–H groups in total. The summed E-state index contributed by atoms with van der Waals surface area (Å²) in [5.74, 6) is 1.40. The molecular formula is C15H19N3O. The number of nitrogens with zero attached hydrogens (tertiary/aromatic N) is 2. The van der Waals surface area contributed by atoms with E-state index in [4.69, 9.17) is 4.52 Å². The van der Waals surface area contributed by atoms with Crippen molar-refractivity contribution in [1.29, 1.82) is 0 Å². The van der Waals surface area contributed by atoms with Gasteiger partial charge in [-0.25, -0.2) is 0 Å². The van der Waals surface area contributed by atoms with Crippen molar-refractivity contribution in [3.63, 3.8) is 0 Å². The Bertz CT molecular complexity index is 596. The van der Waals surface area contributed by atoms with E-state index in [9.17, 15) is 0 Å². The topological polar surface area (TPSA) is 51.0 Å². The van der Waals surface area contributed by atoms with Crippen LogP contribution in [0.2, 0.25) is 0 Å². The minimum Gasteiger partial charge on any atom is -0.384 e. The Morgan fingerprint density at radius 1 is 1.32 bits per heavy atom. The molecule has 1 aliphatic heterocycles. The highest BCUT2D eigenvalue weighted by atomic mass is 16.5. The molecule has 4 heteroatoms. The van der Waals surface area contributed by atoms with Crippen LogP contribution in [0.5, 0.6) is 0 Å². The standard InChI is InChI=1S/C15H19N3O/c1-15(2,3)9-13-17-14(19-18-13)11-4-5-12-10(8-11)6-7-16-12/h4-5,8,16H,6-7,9H2,1-3H3. The molecule has 0 radical (unpaired) electrons. The molecule has 3 rings (SSSR count). The van der Waals surface area contributed by atoms with Gasteiger partial charge >= 0.3 is 0 Å². The van der Waals surface area contributed by atoms with Crippen molar-refractivity contribution in [2.24, 2.45) is 5.41 Å². The molecule has 2 heterocycles. The van der Waals surface area contributed by atoms with Crippen molar-refractivity contribution in [3.8, 4) is 11.5 Å². The van der Waals surface area contributed by atoms with Gasteiger partial charge in [0.15, 0.2) is 5.82 Å². The molecule has 1 aliphatic rings. The maximum Gasteiger partial charge on any atom is 0.257 e. The lowest BCUT2D eigenvalue weighted by Gasteiger charge is -2.14. The average Bonchev–Trinajstić information content (AvgIpc) is 2.93. The number of rotatable bonds is 2. The Morgan fingerprint density at radius 3 is 2.95 bits per heavy atom. The van der Waals surface area contributed by atoms with Crippen LogP contribution in [0.4, 0.5) is 5.69 Å². The van der Waals surface area contributed by atoms with E-state index < -0.39 is 0 Å². The molecule has 2 aromatic rings. The summed E-state index contributed by atoms with van der Waals surface area (Å²) in [6.45, 7) is 7.52. The summed E-state index contributed by atoms with van der Waals surface area (Å²) < 4.78 is 5.37. The molecule has 0 amide bonds. The second-order valence-electron chi connectivity index (χ2n) is 6.30. The fraction of sp³-hybridized carbons (Fsp3) is 0.467. The molecule has 100 valence electrons. The van der Waals surface area contributed by atoms with Crippen LogP contribution in [0.15, 0.2) is 22.7 Å². The molecule has 0 atom stereocenters. The first-order chi connectivity index (χ1) is 9.01. The molecule has 0 fully saturated rings. The van der Waals surface area contributed by atoms with Gasteiger partial charge in [-0.3, -0.25) is 0 Å². The van der Waals surface area contributed by atoms with Gasteiger partial charge in [-0.2, -0.15) is 4.98 Å². The SMILES string of the molecule is CC(C)(C)Cc1noc(-c2ccc3c(c2)CCN3)n1. The lowest BCUT2D eigenvalue weighted by molar-refractivity contribution is 0.374. The molecule has 4 nitrogen and oxygen atoms in total. The highest BCUT2D eigenvalue weighted by Crippen LogP contribution is 2.28. The van der Waals surface area contributed by atoms with Crippen LogP contribution in [0.3, 0.4) is 0 Å². The third kappa shape index (κ3) is 2.62. The largest absolute Gasteiger partial charge is 0.384 e.